The van der Waals surface area contributed by atoms with Gasteiger partial charge in [-0.15, -0.1) is 0 Å². The molecule has 1 aromatic heterocycles. The second-order valence-electron chi connectivity index (χ2n) is 4.74. The van der Waals surface area contributed by atoms with Crippen LogP contribution in [0.3, 0.4) is 0 Å². The largest absolute Gasteiger partial charge is 0.357 e. The van der Waals surface area contributed by atoms with Crippen molar-refractivity contribution in [2.24, 2.45) is 5.92 Å². The first kappa shape index (κ1) is 11.4. The van der Waals surface area contributed by atoms with Gasteiger partial charge in [-0.1, -0.05) is 13.8 Å². The van der Waals surface area contributed by atoms with Gasteiger partial charge in [-0.3, -0.25) is 0 Å². The molecule has 1 aliphatic rings. The number of hydrogen-bond donors (Lipinski definition) is 0. The highest BCUT2D eigenvalue weighted by Gasteiger charge is 2.15. The van der Waals surface area contributed by atoms with Crippen LogP contribution >= 0.6 is 0 Å². The molecule has 1 aromatic rings. The van der Waals surface area contributed by atoms with E-state index >= 15 is 0 Å². The molecule has 1 saturated heterocycles. The molecule has 0 saturated carbocycles. The van der Waals surface area contributed by atoms with Crippen LogP contribution in [0.4, 0.5) is 5.82 Å². The lowest BCUT2D eigenvalue weighted by atomic mass is 10.0. The van der Waals surface area contributed by atoms with Crippen molar-refractivity contribution >= 4 is 5.82 Å². The molecule has 16 heavy (non-hydrogen) atoms. The monoisotopic (exact) mass is 219 g/mol. The minimum Gasteiger partial charge on any atom is -0.357 e. The van der Waals surface area contributed by atoms with E-state index < -0.39 is 0 Å². The molecule has 1 fully saturated rings. The molecule has 1 aliphatic heterocycles. The molecule has 1 atom stereocenters. The highest BCUT2D eigenvalue weighted by molar-refractivity contribution is 5.38. The van der Waals surface area contributed by atoms with E-state index in [1.165, 1.54) is 19.3 Å². The van der Waals surface area contributed by atoms with Crippen molar-refractivity contribution in [1.82, 2.24) is 9.97 Å². The smallest absolute Gasteiger partial charge is 0.132 e. The van der Waals surface area contributed by atoms with E-state index in [9.17, 15) is 0 Å². The third-order valence-electron chi connectivity index (χ3n) is 3.41. The minimum absolute atomic E-state index is 0.859. The fourth-order valence-electron chi connectivity index (χ4n) is 2.24. The molecule has 2 heterocycles. The van der Waals surface area contributed by atoms with Crippen molar-refractivity contribution < 1.29 is 0 Å². The molecule has 3 heteroatoms. The summed E-state index contributed by atoms with van der Waals surface area (Å²) in [6.45, 7) is 6.77. The Morgan fingerprint density at radius 1 is 1.31 bits per heavy atom. The molecular formula is C13H21N3. The van der Waals surface area contributed by atoms with Crippen molar-refractivity contribution in [3.63, 3.8) is 0 Å². The summed E-state index contributed by atoms with van der Waals surface area (Å²) in [6.07, 6.45) is 6.60. The zero-order valence-electron chi connectivity index (χ0n) is 10.3. The number of hydrogen-bond acceptors (Lipinski definition) is 3. The fourth-order valence-corrected chi connectivity index (χ4v) is 2.24. The van der Waals surface area contributed by atoms with Gasteiger partial charge in [0.2, 0.25) is 0 Å². The topological polar surface area (TPSA) is 29.0 Å². The Morgan fingerprint density at radius 2 is 2.19 bits per heavy atom. The fraction of sp³-hybridized carbons (Fsp3) is 0.692. The van der Waals surface area contributed by atoms with E-state index in [0.29, 0.717) is 0 Å². The van der Waals surface area contributed by atoms with Crippen LogP contribution in [-0.4, -0.2) is 23.1 Å². The molecule has 88 valence electrons. The maximum absolute atomic E-state index is 4.39. The summed E-state index contributed by atoms with van der Waals surface area (Å²) in [6, 6.07) is 2.13. The van der Waals surface area contributed by atoms with Crippen LogP contribution in [0.5, 0.6) is 0 Å². The number of anilines is 1. The van der Waals surface area contributed by atoms with Gasteiger partial charge < -0.3 is 4.90 Å². The van der Waals surface area contributed by atoms with E-state index in [-0.39, 0.29) is 0 Å². The Hall–Kier alpha value is -1.12. The Labute approximate surface area is 97.9 Å². The van der Waals surface area contributed by atoms with E-state index in [4.69, 9.17) is 0 Å². The second kappa shape index (κ2) is 5.28. The van der Waals surface area contributed by atoms with Crippen molar-refractivity contribution in [1.29, 1.82) is 0 Å². The van der Waals surface area contributed by atoms with Gasteiger partial charge in [0.25, 0.3) is 0 Å². The first-order chi connectivity index (χ1) is 7.79. The van der Waals surface area contributed by atoms with Crippen molar-refractivity contribution in [3.8, 4) is 0 Å². The zero-order valence-corrected chi connectivity index (χ0v) is 10.3. The third kappa shape index (κ3) is 2.71. The average molecular weight is 219 g/mol. The molecule has 0 N–H and O–H groups in total. The lowest BCUT2D eigenvalue weighted by Gasteiger charge is -2.21. The van der Waals surface area contributed by atoms with Crippen LogP contribution in [0.25, 0.3) is 0 Å². The molecule has 0 spiro atoms. The predicted molar refractivity (Wildman–Crippen MR) is 66.6 cm³/mol. The highest BCUT2D eigenvalue weighted by Crippen LogP contribution is 2.20. The van der Waals surface area contributed by atoms with Gasteiger partial charge in [-0.25, -0.2) is 9.97 Å². The molecule has 0 aliphatic carbocycles. The summed E-state index contributed by atoms with van der Waals surface area (Å²) in [5.74, 6) is 1.97. The highest BCUT2D eigenvalue weighted by atomic mass is 15.2. The summed E-state index contributed by atoms with van der Waals surface area (Å²) >= 11 is 0. The lowest BCUT2D eigenvalue weighted by Crippen LogP contribution is -2.25. The first-order valence-corrected chi connectivity index (χ1v) is 6.35. The Kier molecular flexibility index (Phi) is 3.75. The Balaban J connectivity index is 2.10. The molecule has 3 nitrogen and oxygen atoms in total. The predicted octanol–water partition coefficient (Wildman–Crippen LogP) is 2.67. The van der Waals surface area contributed by atoms with Gasteiger partial charge in [-0.2, -0.15) is 0 Å². The van der Waals surface area contributed by atoms with Crippen molar-refractivity contribution in [2.75, 3.05) is 18.0 Å². The maximum atomic E-state index is 4.39. The molecule has 0 amide bonds. The quantitative estimate of drug-likeness (QED) is 0.765. The van der Waals surface area contributed by atoms with Gasteiger partial charge in [0, 0.05) is 24.8 Å². The SMILES string of the molecule is CCc1cc(N2CCCC(C)CC2)ncn1. The van der Waals surface area contributed by atoms with Crippen molar-refractivity contribution in [3.05, 3.63) is 18.1 Å². The van der Waals surface area contributed by atoms with Gasteiger partial charge in [0.1, 0.15) is 12.1 Å². The summed E-state index contributed by atoms with van der Waals surface area (Å²) in [5, 5.41) is 0. The standard InChI is InChI=1S/C13H21N3/c1-3-12-9-13(15-10-14-12)16-7-4-5-11(2)6-8-16/h9-11H,3-8H2,1-2H3. The zero-order chi connectivity index (χ0) is 11.4. The number of aryl methyl sites for hydroxylation is 1. The van der Waals surface area contributed by atoms with Gasteiger partial charge >= 0.3 is 0 Å². The Bertz CT molecular complexity index is 338. The molecule has 0 bridgehead atoms. The Morgan fingerprint density at radius 3 is 3.00 bits per heavy atom. The van der Waals surface area contributed by atoms with Crippen LogP contribution in [0, 0.1) is 5.92 Å². The maximum Gasteiger partial charge on any atom is 0.132 e. The van der Waals surface area contributed by atoms with Crippen LogP contribution in [0.1, 0.15) is 38.8 Å². The summed E-state index contributed by atoms with van der Waals surface area (Å²) in [4.78, 5) is 11.1. The minimum atomic E-state index is 0.859. The van der Waals surface area contributed by atoms with E-state index in [1.54, 1.807) is 6.33 Å². The summed E-state index contributed by atoms with van der Waals surface area (Å²) in [7, 11) is 0. The number of aromatic nitrogens is 2. The van der Waals surface area contributed by atoms with Gasteiger partial charge in [0.15, 0.2) is 0 Å². The first-order valence-electron chi connectivity index (χ1n) is 6.35. The van der Waals surface area contributed by atoms with E-state index in [1.807, 2.05) is 0 Å². The van der Waals surface area contributed by atoms with Gasteiger partial charge in [-0.05, 0) is 31.6 Å². The van der Waals surface area contributed by atoms with Crippen LogP contribution < -0.4 is 4.90 Å². The van der Waals surface area contributed by atoms with Crippen LogP contribution in [0.2, 0.25) is 0 Å². The number of nitrogens with zero attached hydrogens (tertiary/aromatic N) is 3. The van der Waals surface area contributed by atoms with Crippen LogP contribution in [-0.2, 0) is 6.42 Å². The molecule has 2 rings (SSSR count). The third-order valence-corrected chi connectivity index (χ3v) is 3.41. The van der Waals surface area contributed by atoms with Crippen LogP contribution in [0.15, 0.2) is 12.4 Å². The summed E-state index contributed by atoms with van der Waals surface area (Å²) < 4.78 is 0. The average Bonchev–Trinajstić information content (AvgIpc) is 2.54. The molecular weight excluding hydrogens is 198 g/mol. The number of rotatable bonds is 2. The molecule has 0 radical (unpaired) electrons. The lowest BCUT2D eigenvalue weighted by molar-refractivity contribution is 0.521. The molecule has 0 aromatic carbocycles. The molecule has 1 unspecified atom stereocenters. The van der Waals surface area contributed by atoms with E-state index in [2.05, 4.69) is 34.8 Å². The normalized spacial score (nSPS) is 21.9. The second-order valence-corrected chi connectivity index (χ2v) is 4.74. The van der Waals surface area contributed by atoms with Gasteiger partial charge in [0.05, 0.1) is 0 Å². The van der Waals surface area contributed by atoms with Crippen molar-refractivity contribution in [2.45, 2.75) is 39.5 Å². The van der Waals surface area contributed by atoms with E-state index in [0.717, 1.165) is 36.9 Å². The summed E-state index contributed by atoms with van der Waals surface area (Å²) in [5.41, 5.74) is 1.14.